The van der Waals surface area contributed by atoms with Crippen LogP contribution in [0.1, 0.15) is 12.5 Å². The number of halogens is 3. The van der Waals surface area contributed by atoms with Gasteiger partial charge in [-0.2, -0.15) is 5.26 Å². The Morgan fingerprint density at radius 3 is 2.24 bits per heavy atom. The third-order valence-electron chi connectivity index (χ3n) is 2.16. The fraction of sp³-hybridized carbons (Fsp3) is 0.300. The van der Waals surface area contributed by atoms with Crippen molar-refractivity contribution in [1.29, 1.82) is 5.26 Å². The topological polar surface area (TPSA) is 57.9 Å². The summed E-state index contributed by atoms with van der Waals surface area (Å²) in [7, 11) is -4.17. The molecule has 0 saturated carbocycles. The van der Waals surface area contributed by atoms with Crippen molar-refractivity contribution in [3.05, 3.63) is 29.3 Å². The highest BCUT2D eigenvalue weighted by Gasteiger charge is 2.29. The molecule has 0 bridgehead atoms. The lowest BCUT2D eigenvalue weighted by atomic mass is 10.2. The molecule has 92 valence electrons. The van der Waals surface area contributed by atoms with Gasteiger partial charge < -0.3 is 0 Å². The Hall–Kier alpha value is -1.19. The number of nitrogens with zero attached hydrogens (tertiary/aromatic N) is 1. The van der Waals surface area contributed by atoms with Crippen molar-refractivity contribution in [3.8, 4) is 6.07 Å². The minimum atomic E-state index is -4.17. The lowest BCUT2D eigenvalue weighted by molar-refractivity contribution is 0.515. The van der Waals surface area contributed by atoms with Gasteiger partial charge in [0.15, 0.2) is 9.84 Å². The number of benzene rings is 1. The second kappa shape index (κ2) is 4.98. The summed E-state index contributed by atoms with van der Waals surface area (Å²) in [6.07, 6.45) is 0. The molecule has 1 rings (SSSR count). The van der Waals surface area contributed by atoms with Crippen LogP contribution in [0.3, 0.4) is 0 Å². The highest BCUT2D eigenvalue weighted by atomic mass is 35.5. The third kappa shape index (κ3) is 2.56. The number of nitriles is 1. The van der Waals surface area contributed by atoms with Crippen LogP contribution in [-0.2, 0) is 9.84 Å². The first-order chi connectivity index (χ1) is 7.84. The van der Waals surface area contributed by atoms with Crippen LogP contribution < -0.4 is 0 Å². The summed E-state index contributed by atoms with van der Waals surface area (Å²) in [5.74, 6) is -2.83. The predicted molar refractivity (Wildman–Crippen MR) is 58.4 cm³/mol. The molecule has 1 aromatic carbocycles. The summed E-state index contributed by atoms with van der Waals surface area (Å²) >= 11 is 5.37. The Labute approximate surface area is 103 Å². The highest BCUT2D eigenvalue weighted by Crippen LogP contribution is 2.24. The van der Waals surface area contributed by atoms with E-state index in [2.05, 4.69) is 0 Å². The van der Waals surface area contributed by atoms with Gasteiger partial charge >= 0.3 is 0 Å². The summed E-state index contributed by atoms with van der Waals surface area (Å²) in [5, 5.41) is 7.37. The molecule has 0 radical (unpaired) electrons. The molecule has 0 aliphatic rings. The van der Waals surface area contributed by atoms with E-state index in [4.69, 9.17) is 16.9 Å². The molecule has 3 nitrogen and oxygen atoms in total. The Kier molecular flexibility index (Phi) is 4.07. The molecule has 0 aliphatic carbocycles. The second-order valence-electron chi connectivity index (χ2n) is 3.39. The summed E-state index contributed by atoms with van der Waals surface area (Å²) < 4.78 is 50.5. The summed E-state index contributed by atoms with van der Waals surface area (Å²) in [6.45, 7) is 1.25. The van der Waals surface area contributed by atoms with Crippen LogP contribution >= 0.6 is 11.6 Å². The van der Waals surface area contributed by atoms with E-state index in [0.717, 1.165) is 0 Å². The smallest absolute Gasteiger partial charge is 0.187 e. The molecule has 0 aromatic heterocycles. The average Bonchev–Trinajstić information content (AvgIpc) is 2.26. The van der Waals surface area contributed by atoms with Gasteiger partial charge in [-0.15, -0.1) is 11.6 Å². The van der Waals surface area contributed by atoms with Crippen LogP contribution in [0, 0.1) is 23.0 Å². The Morgan fingerprint density at radius 1 is 1.41 bits per heavy atom. The van der Waals surface area contributed by atoms with Crippen LogP contribution in [0.4, 0.5) is 8.78 Å². The average molecular weight is 280 g/mol. The molecule has 0 amide bonds. The molecule has 0 spiro atoms. The van der Waals surface area contributed by atoms with Crippen molar-refractivity contribution in [1.82, 2.24) is 0 Å². The SMILES string of the molecule is CC(CCl)S(=O)(=O)c1c(F)cc(C#N)cc1F. The normalized spacial score (nSPS) is 13.1. The van der Waals surface area contributed by atoms with E-state index in [1.165, 1.54) is 13.0 Å². The minimum Gasteiger partial charge on any atom is -0.223 e. The van der Waals surface area contributed by atoms with E-state index in [-0.39, 0.29) is 11.4 Å². The first kappa shape index (κ1) is 13.9. The van der Waals surface area contributed by atoms with Crippen LogP contribution in [0.25, 0.3) is 0 Å². The van der Waals surface area contributed by atoms with Crippen molar-refractivity contribution in [2.24, 2.45) is 0 Å². The largest absolute Gasteiger partial charge is 0.223 e. The predicted octanol–water partition coefficient (Wildman–Crippen LogP) is 2.24. The van der Waals surface area contributed by atoms with Gasteiger partial charge in [-0.3, -0.25) is 0 Å². The van der Waals surface area contributed by atoms with Crippen molar-refractivity contribution < 1.29 is 17.2 Å². The first-order valence-corrected chi connectivity index (χ1v) is 6.61. The third-order valence-corrected chi connectivity index (χ3v) is 4.99. The monoisotopic (exact) mass is 279 g/mol. The molecule has 1 aromatic rings. The van der Waals surface area contributed by atoms with Gasteiger partial charge in [-0.1, -0.05) is 0 Å². The van der Waals surface area contributed by atoms with Gasteiger partial charge in [0.05, 0.1) is 16.9 Å². The maximum absolute atomic E-state index is 13.5. The lowest BCUT2D eigenvalue weighted by Gasteiger charge is -2.11. The number of hydrogen-bond donors (Lipinski definition) is 0. The fourth-order valence-electron chi connectivity index (χ4n) is 1.18. The summed E-state index contributed by atoms with van der Waals surface area (Å²) in [5.41, 5.74) is -0.280. The van der Waals surface area contributed by atoms with Crippen LogP contribution in [0.5, 0.6) is 0 Å². The molecule has 1 atom stereocenters. The molecule has 0 aliphatic heterocycles. The molecule has 0 N–H and O–H groups in total. The number of rotatable bonds is 3. The van der Waals surface area contributed by atoms with Gasteiger partial charge in [0.2, 0.25) is 0 Å². The zero-order chi connectivity index (χ0) is 13.2. The second-order valence-corrected chi connectivity index (χ2v) is 6.00. The molecule has 0 fully saturated rings. The fourth-order valence-corrected chi connectivity index (χ4v) is 2.91. The zero-order valence-corrected chi connectivity index (χ0v) is 10.3. The number of sulfone groups is 1. The van der Waals surface area contributed by atoms with E-state index < -0.39 is 31.6 Å². The summed E-state index contributed by atoms with van der Waals surface area (Å²) in [4.78, 5) is -1.04. The molecule has 0 heterocycles. The zero-order valence-electron chi connectivity index (χ0n) is 8.75. The highest BCUT2D eigenvalue weighted by molar-refractivity contribution is 7.92. The van der Waals surface area contributed by atoms with Gasteiger partial charge in [0.25, 0.3) is 0 Å². The maximum Gasteiger partial charge on any atom is 0.187 e. The van der Waals surface area contributed by atoms with Crippen LogP contribution in [0.15, 0.2) is 17.0 Å². The van der Waals surface area contributed by atoms with Crippen molar-refractivity contribution in [2.75, 3.05) is 5.88 Å². The van der Waals surface area contributed by atoms with E-state index >= 15 is 0 Å². The Morgan fingerprint density at radius 2 is 1.88 bits per heavy atom. The molecule has 1 unspecified atom stereocenters. The molecular weight excluding hydrogens is 272 g/mol. The van der Waals surface area contributed by atoms with E-state index in [1.807, 2.05) is 0 Å². The van der Waals surface area contributed by atoms with Crippen molar-refractivity contribution >= 4 is 21.4 Å². The Balaban J connectivity index is 3.50. The van der Waals surface area contributed by atoms with Gasteiger partial charge in [-0.05, 0) is 19.1 Å². The van der Waals surface area contributed by atoms with E-state index in [0.29, 0.717) is 12.1 Å². The summed E-state index contributed by atoms with van der Waals surface area (Å²) in [6, 6.07) is 2.88. The van der Waals surface area contributed by atoms with E-state index in [9.17, 15) is 17.2 Å². The molecule has 7 heteroatoms. The van der Waals surface area contributed by atoms with Crippen molar-refractivity contribution in [2.45, 2.75) is 17.1 Å². The molecule has 0 saturated heterocycles. The van der Waals surface area contributed by atoms with Crippen LogP contribution in [-0.4, -0.2) is 19.5 Å². The van der Waals surface area contributed by atoms with Gasteiger partial charge in [0, 0.05) is 5.88 Å². The van der Waals surface area contributed by atoms with Crippen LogP contribution in [0.2, 0.25) is 0 Å². The molecule has 17 heavy (non-hydrogen) atoms. The lowest BCUT2D eigenvalue weighted by Crippen LogP contribution is -2.22. The number of hydrogen-bond acceptors (Lipinski definition) is 3. The standard InChI is InChI=1S/C10H8ClF2NO2S/c1-6(4-11)17(15,16)10-8(12)2-7(5-14)3-9(10)13/h2-3,6H,4H2,1H3. The van der Waals surface area contributed by atoms with Gasteiger partial charge in [-0.25, -0.2) is 17.2 Å². The van der Waals surface area contributed by atoms with Crippen molar-refractivity contribution in [3.63, 3.8) is 0 Å². The van der Waals surface area contributed by atoms with E-state index in [1.54, 1.807) is 0 Å². The minimum absolute atomic E-state index is 0.277. The maximum atomic E-state index is 13.5. The molecular formula is C10H8ClF2NO2S. The first-order valence-electron chi connectivity index (χ1n) is 4.53. The Bertz CT molecular complexity index is 557. The number of alkyl halides is 1. The van der Waals surface area contributed by atoms with Gasteiger partial charge in [0.1, 0.15) is 16.5 Å². The quantitative estimate of drug-likeness (QED) is 0.797.